The molecular formula is C23H35N7O2S. The lowest BCUT2D eigenvalue weighted by Gasteiger charge is -2.29. The Labute approximate surface area is 201 Å². The number of anilines is 2. The number of thiol groups is 1. The zero-order chi connectivity index (χ0) is 24.6. The van der Waals surface area contributed by atoms with Crippen molar-refractivity contribution in [2.45, 2.75) is 18.7 Å². The van der Waals surface area contributed by atoms with Crippen molar-refractivity contribution in [1.82, 2.24) is 20.6 Å². The lowest BCUT2D eigenvalue weighted by Crippen LogP contribution is -2.37. The minimum atomic E-state index is 0.382. The minimum absolute atomic E-state index is 0.382. The van der Waals surface area contributed by atoms with Crippen molar-refractivity contribution in [3.63, 3.8) is 0 Å². The first-order valence-electron chi connectivity index (χ1n) is 10.8. The molecule has 0 unspecified atom stereocenters. The number of morpholine rings is 1. The number of rotatable bonds is 7. The van der Waals surface area contributed by atoms with Crippen LogP contribution in [0.5, 0.6) is 0 Å². The highest BCUT2D eigenvalue weighted by molar-refractivity contribution is 7.80. The van der Waals surface area contributed by atoms with Crippen LogP contribution >= 0.6 is 12.6 Å². The van der Waals surface area contributed by atoms with Crippen LogP contribution in [-0.2, 0) is 9.53 Å². The van der Waals surface area contributed by atoms with E-state index in [-0.39, 0.29) is 0 Å². The van der Waals surface area contributed by atoms with E-state index in [2.05, 4.69) is 33.1 Å². The van der Waals surface area contributed by atoms with Gasteiger partial charge in [0.2, 0.25) is 6.41 Å². The van der Waals surface area contributed by atoms with Gasteiger partial charge in [-0.3, -0.25) is 4.79 Å². The third-order valence-corrected chi connectivity index (χ3v) is 4.75. The van der Waals surface area contributed by atoms with Gasteiger partial charge in [0, 0.05) is 42.7 Å². The molecule has 9 nitrogen and oxygen atoms in total. The molecule has 33 heavy (non-hydrogen) atoms. The maximum atomic E-state index is 10.4. The fourth-order valence-electron chi connectivity index (χ4n) is 2.92. The van der Waals surface area contributed by atoms with Crippen LogP contribution in [0.3, 0.4) is 0 Å². The molecule has 1 aliphatic rings. The molecule has 2 heterocycles. The summed E-state index contributed by atoms with van der Waals surface area (Å²) in [5, 5.41) is 13.0. The average Bonchev–Trinajstić information content (AvgIpc) is 2.85. The Bertz CT molecular complexity index is 916. The van der Waals surface area contributed by atoms with Gasteiger partial charge < -0.3 is 31.4 Å². The standard InChI is InChI=1S/C19H22N6O2S.C2H7N.C2H6/c20-11-14-13(3-1-4-15(14)21)18-23-16(5-2-6-22-12-26)17(28)19(24-18)25-7-9-27-10-8-25;1-3-2;1-2/h1-5,11-12,20,28H,6-10,21H2,(H,22,26);3H,1-2H3;1-2H3/b5-2+,20-11?;;. The number of ether oxygens (including phenoxy) is 1. The molecule has 1 aliphatic heterocycles. The predicted molar refractivity (Wildman–Crippen MR) is 139 cm³/mol. The van der Waals surface area contributed by atoms with Crippen LogP contribution in [0.2, 0.25) is 0 Å². The number of hydrogen-bond acceptors (Lipinski definition) is 9. The van der Waals surface area contributed by atoms with Gasteiger partial charge in [-0.2, -0.15) is 0 Å². The number of benzene rings is 1. The normalized spacial score (nSPS) is 12.8. The molecule has 180 valence electrons. The van der Waals surface area contributed by atoms with Gasteiger partial charge in [-0.05, 0) is 26.2 Å². The van der Waals surface area contributed by atoms with Crippen molar-refractivity contribution >= 4 is 42.8 Å². The SMILES string of the molecule is CC.CNC.N=Cc1c(N)cccc1-c1nc(/C=C/CNC=O)c(S)c(N2CCOCC2)n1. The molecule has 0 radical (unpaired) electrons. The largest absolute Gasteiger partial charge is 0.398 e. The van der Waals surface area contributed by atoms with Crippen molar-refractivity contribution in [2.75, 3.05) is 57.6 Å². The van der Waals surface area contributed by atoms with Gasteiger partial charge in [-0.15, -0.1) is 12.6 Å². The van der Waals surface area contributed by atoms with Crippen LogP contribution in [0.25, 0.3) is 17.5 Å². The van der Waals surface area contributed by atoms with Crippen LogP contribution in [0.15, 0.2) is 29.2 Å². The Hall–Kier alpha value is -2.95. The first-order chi connectivity index (χ1) is 16.1. The Morgan fingerprint density at radius 3 is 2.52 bits per heavy atom. The number of carbonyl (C=O) groups excluding carboxylic acids is 1. The van der Waals surface area contributed by atoms with Gasteiger partial charge in [0.1, 0.15) is 5.82 Å². The Morgan fingerprint density at radius 2 is 1.91 bits per heavy atom. The minimum Gasteiger partial charge on any atom is -0.398 e. The number of hydrogen-bond donors (Lipinski definition) is 5. The number of aromatic nitrogens is 2. The first-order valence-corrected chi connectivity index (χ1v) is 11.3. The maximum Gasteiger partial charge on any atom is 0.207 e. The van der Waals surface area contributed by atoms with E-state index in [0.717, 1.165) is 0 Å². The number of nitrogens with zero attached hydrogens (tertiary/aromatic N) is 3. The van der Waals surface area contributed by atoms with Crippen LogP contribution in [0.4, 0.5) is 11.5 Å². The van der Waals surface area contributed by atoms with Crippen molar-refractivity contribution in [2.24, 2.45) is 0 Å². The Kier molecular flexibility index (Phi) is 13.4. The van der Waals surface area contributed by atoms with Crippen LogP contribution in [-0.4, -0.2) is 69.5 Å². The molecule has 0 aliphatic carbocycles. The summed E-state index contributed by atoms with van der Waals surface area (Å²) in [6.07, 6.45) is 5.44. The molecule has 2 aromatic rings. The highest BCUT2D eigenvalue weighted by Crippen LogP contribution is 2.31. The second-order valence-corrected chi connectivity index (χ2v) is 7.03. The van der Waals surface area contributed by atoms with E-state index >= 15 is 0 Å². The molecule has 1 aromatic heterocycles. The van der Waals surface area contributed by atoms with Gasteiger partial charge >= 0.3 is 0 Å². The van der Waals surface area contributed by atoms with Crippen molar-refractivity contribution in [3.05, 3.63) is 35.5 Å². The lowest BCUT2D eigenvalue weighted by atomic mass is 10.1. The number of nitrogens with one attached hydrogen (secondary N) is 3. The molecule has 3 rings (SSSR count). The van der Waals surface area contributed by atoms with E-state index in [1.54, 1.807) is 18.2 Å². The molecule has 0 saturated carbocycles. The zero-order valence-corrected chi connectivity index (χ0v) is 20.7. The van der Waals surface area contributed by atoms with Crippen LogP contribution in [0, 0.1) is 5.41 Å². The van der Waals surface area contributed by atoms with E-state index in [9.17, 15) is 4.79 Å². The molecule has 1 saturated heterocycles. The summed E-state index contributed by atoms with van der Waals surface area (Å²) >= 11 is 4.66. The summed E-state index contributed by atoms with van der Waals surface area (Å²) < 4.78 is 5.44. The first kappa shape index (κ1) is 28.1. The quantitative estimate of drug-likeness (QED) is 0.137. The van der Waals surface area contributed by atoms with E-state index in [1.807, 2.05) is 40.1 Å². The van der Waals surface area contributed by atoms with Gasteiger partial charge in [0.25, 0.3) is 0 Å². The summed E-state index contributed by atoms with van der Waals surface area (Å²) in [7, 11) is 3.75. The molecule has 0 bridgehead atoms. The van der Waals surface area contributed by atoms with Crippen molar-refractivity contribution in [1.29, 1.82) is 5.41 Å². The number of nitrogens with two attached hydrogens (primary N) is 1. The van der Waals surface area contributed by atoms with E-state index in [4.69, 9.17) is 20.9 Å². The summed E-state index contributed by atoms with van der Waals surface area (Å²) in [6, 6.07) is 5.40. The Balaban J connectivity index is 0.00000101. The fourth-order valence-corrected chi connectivity index (χ4v) is 3.23. The number of carbonyl (C=O) groups is 1. The summed E-state index contributed by atoms with van der Waals surface area (Å²) in [5.74, 6) is 1.17. The molecule has 1 amide bonds. The average molecular weight is 474 g/mol. The molecule has 10 heteroatoms. The van der Waals surface area contributed by atoms with Gasteiger partial charge in [0.15, 0.2) is 5.82 Å². The molecule has 0 atom stereocenters. The van der Waals surface area contributed by atoms with Crippen molar-refractivity contribution < 1.29 is 9.53 Å². The topological polar surface area (TPSA) is 129 Å². The van der Waals surface area contributed by atoms with Gasteiger partial charge in [-0.1, -0.05) is 32.1 Å². The molecule has 1 aromatic carbocycles. The third-order valence-electron chi connectivity index (χ3n) is 4.32. The second-order valence-electron chi connectivity index (χ2n) is 6.59. The molecular weight excluding hydrogens is 438 g/mol. The fraction of sp³-hybridized carbons (Fsp3) is 0.391. The van der Waals surface area contributed by atoms with E-state index in [1.165, 1.54) is 6.21 Å². The summed E-state index contributed by atoms with van der Waals surface area (Å²) in [5.41, 5.74) is 8.39. The monoisotopic (exact) mass is 473 g/mol. The Morgan fingerprint density at radius 1 is 1.24 bits per heavy atom. The van der Waals surface area contributed by atoms with E-state index < -0.39 is 0 Å². The highest BCUT2D eigenvalue weighted by Gasteiger charge is 2.20. The molecule has 1 fully saturated rings. The second kappa shape index (κ2) is 15.8. The van der Waals surface area contributed by atoms with Crippen LogP contribution in [0.1, 0.15) is 25.1 Å². The molecule has 0 spiro atoms. The number of nitrogen functional groups attached to an aromatic ring is 1. The third kappa shape index (κ3) is 8.16. The highest BCUT2D eigenvalue weighted by atomic mass is 32.1. The lowest BCUT2D eigenvalue weighted by molar-refractivity contribution is -0.109. The predicted octanol–water partition coefficient (Wildman–Crippen LogP) is 2.47. The summed E-state index contributed by atoms with van der Waals surface area (Å²) in [6.45, 7) is 7.02. The van der Waals surface area contributed by atoms with Crippen LogP contribution < -0.4 is 21.3 Å². The van der Waals surface area contributed by atoms with E-state index in [0.29, 0.717) is 78.3 Å². The van der Waals surface area contributed by atoms with Gasteiger partial charge in [-0.25, -0.2) is 9.97 Å². The maximum absolute atomic E-state index is 10.4. The zero-order valence-electron chi connectivity index (χ0n) is 19.8. The number of amides is 1. The van der Waals surface area contributed by atoms with Gasteiger partial charge in [0.05, 0.1) is 23.8 Å². The molecule has 5 N–H and O–H groups in total. The van der Waals surface area contributed by atoms with Crippen molar-refractivity contribution in [3.8, 4) is 11.4 Å². The smallest absolute Gasteiger partial charge is 0.207 e. The summed E-state index contributed by atoms with van der Waals surface area (Å²) in [4.78, 5) is 22.6.